The maximum atomic E-state index is 13.9. The fraction of sp³-hybridized carbons (Fsp3) is 0.485. The van der Waals surface area contributed by atoms with Crippen molar-refractivity contribution in [2.45, 2.75) is 77.9 Å². The number of rotatable bonds is 15. The van der Waals surface area contributed by atoms with E-state index >= 15 is 0 Å². The van der Waals surface area contributed by atoms with Gasteiger partial charge < -0.3 is 20.6 Å². The lowest BCUT2D eigenvalue weighted by molar-refractivity contribution is -0.121. The number of carbonyl (C=O) groups excluding carboxylic acids is 3. The number of hydrogen-bond acceptors (Lipinski definition) is 4. The molecule has 0 fully saturated rings. The van der Waals surface area contributed by atoms with Gasteiger partial charge in [-0.05, 0) is 92.8 Å². The highest BCUT2D eigenvalue weighted by Gasteiger charge is 2.25. The van der Waals surface area contributed by atoms with Crippen LogP contribution >= 0.6 is 0 Å². The van der Waals surface area contributed by atoms with E-state index in [1.165, 1.54) is 6.07 Å². The molecule has 1 aliphatic rings. The third kappa shape index (κ3) is 10.0. The number of amides is 3. The molecule has 0 aliphatic heterocycles. The van der Waals surface area contributed by atoms with E-state index in [0.717, 1.165) is 49.4 Å². The number of halogens is 2. The van der Waals surface area contributed by atoms with Gasteiger partial charge in [0.05, 0.1) is 12.1 Å². The lowest BCUT2D eigenvalue weighted by Crippen LogP contribution is -2.46. The van der Waals surface area contributed by atoms with Crippen LogP contribution in [0.5, 0.6) is 0 Å². The number of nitrogens with zero attached hydrogens (tertiary/aromatic N) is 1. The molecule has 0 saturated carbocycles. The summed E-state index contributed by atoms with van der Waals surface area (Å²) in [6.45, 7) is 7.18. The summed E-state index contributed by atoms with van der Waals surface area (Å²) < 4.78 is 27.9. The van der Waals surface area contributed by atoms with Gasteiger partial charge in [-0.3, -0.25) is 14.4 Å². The number of aryl methyl sites for hydroxylation is 1. The first-order chi connectivity index (χ1) is 20.1. The number of benzene rings is 2. The quantitative estimate of drug-likeness (QED) is 0.254. The molecule has 0 bridgehead atoms. The maximum absolute atomic E-state index is 13.9. The van der Waals surface area contributed by atoms with E-state index in [1.807, 2.05) is 19.9 Å². The zero-order valence-corrected chi connectivity index (χ0v) is 24.8. The van der Waals surface area contributed by atoms with Crippen LogP contribution in [0.2, 0.25) is 0 Å². The van der Waals surface area contributed by atoms with Gasteiger partial charge in [-0.25, -0.2) is 8.78 Å². The Morgan fingerprint density at radius 3 is 2.29 bits per heavy atom. The molecule has 3 atom stereocenters. The average Bonchev–Trinajstić information content (AvgIpc) is 3.44. The van der Waals surface area contributed by atoms with E-state index in [9.17, 15) is 28.3 Å². The molecule has 3 amide bonds. The van der Waals surface area contributed by atoms with Crippen LogP contribution in [0.25, 0.3) is 0 Å². The summed E-state index contributed by atoms with van der Waals surface area (Å²) in [6.07, 6.45) is 6.95. The van der Waals surface area contributed by atoms with Crippen molar-refractivity contribution in [3.8, 4) is 0 Å². The molecule has 0 heterocycles. The molecule has 1 aliphatic carbocycles. The summed E-state index contributed by atoms with van der Waals surface area (Å²) in [5.74, 6) is -2.11. The normalized spacial score (nSPS) is 15.7. The van der Waals surface area contributed by atoms with Gasteiger partial charge >= 0.3 is 0 Å². The van der Waals surface area contributed by atoms with Crippen molar-refractivity contribution >= 4 is 17.7 Å². The van der Waals surface area contributed by atoms with Crippen LogP contribution in [0.4, 0.5) is 8.78 Å². The van der Waals surface area contributed by atoms with Crippen molar-refractivity contribution in [2.75, 3.05) is 19.6 Å². The highest BCUT2D eigenvalue weighted by Crippen LogP contribution is 2.20. The fourth-order valence-electron chi connectivity index (χ4n) is 5.33. The third-order valence-corrected chi connectivity index (χ3v) is 7.34. The maximum Gasteiger partial charge on any atom is 0.253 e. The second-order valence-corrected chi connectivity index (χ2v) is 11.1. The molecule has 42 heavy (non-hydrogen) atoms. The Morgan fingerprint density at radius 1 is 1.00 bits per heavy atom. The molecule has 3 N–H and O–H groups in total. The minimum Gasteiger partial charge on any atom is -0.391 e. The number of nitrogens with one attached hydrogen (secondary N) is 2. The molecular formula is C33H43F2N3O4. The van der Waals surface area contributed by atoms with Crippen molar-refractivity contribution < 1.29 is 28.3 Å². The van der Waals surface area contributed by atoms with E-state index in [-0.39, 0.29) is 48.2 Å². The Kier molecular flexibility index (Phi) is 12.7. The number of allylic oxidation sites excluding steroid dienone is 2. The van der Waals surface area contributed by atoms with Crippen LogP contribution in [0, 0.1) is 24.5 Å². The highest BCUT2D eigenvalue weighted by atomic mass is 19.1. The van der Waals surface area contributed by atoms with Gasteiger partial charge in [0, 0.05) is 43.2 Å². The Morgan fingerprint density at radius 2 is 1.67 bits per heavy atom. The largest absolute Gasteiger partial charge is 0.391 e. The lowest BCUT2D eigenvalue weighted by Gasteiger charge is -2.25. The predicted molar refractivity (Wildman–Crippen MR) is 159 cm³/mol. The van der Waals surface area contributed by atoms with E-state index in [0.29, 0.717) is 25.1 Å². The second-order valence-electron chi connectivity index (χ2n) is 11.1. The summed E-state index contributed by atoms with van der Waals surface area (Å²) in [5.41, 5.74) is 1.63. The summed E-state index contributed by atoms with van der Waals surface area (Å²) in [7, 11) is 0. The van der Waals surface area contributed by atoms with E-state index < -0.39 is 29.7 Å². The van der Waals surface area contributed by atoms with Gasteiger partial charge in [-0.1, -0.05) is 26.0 Å². The number of carbonyl (C=O) groups is 3. The smallest absolute Gasteiger partial charge is 0.253 e. The van der Waals surface area contributed by atoms with Crippen LogP contribution in [0.3, 0.4) is 0 Å². The van der Waals surface area contributed by atoms with Crippen LogP contribution in [-0.2, 0) is 11.2 Å². The highest BCUT2D eigenvalue weighted by molar-refractivity contribution is 6.00. The number of aliphatic hydroxyl groups is 1. The van der Waals surface area contributed by atoms with Crippen LogP contribution in [0.15, 0.2) is 48.6 Å². The lowest BCUT2D eigenvalue weighted by atomic mass is 9.97. The Bertz CT molecular complexity index is 1240. The summed E-state index contributed by atoms with van der Waals surface area (Å²) in [6, 6.07) is 7.09. The number of hydrogen-bond donors (Lipinski definition) is 3. The monoisotopic (exact) mass is 583 g/mol. The van der Waals surface area contributed by atoms with Crippen molar-refractivity contribution in [3.63, 3.8) is 0 Å². The SMILES string of the molecule is CCCN(CCC)C(=O)c1cc(C)cc(C(=O)N[C@@H](Cc2cc(F)cc(F)c2)[C@H](O)CCNC(=O)CC2C=CCC2)c1. The van der Waals surface area contributed by atoms with E-state index in [2.05, 4.69) is 16.7 Å². The molecule has 1 unspecified atom stereocenters. The van der Waals surface area contributed by atoms with Crippen molar-refractivity contribution in [1.82, 2.24) is 15.5 Å². The predicted octanol–water partition coefficient (Wildman–Crippen LogP) is 5.10. The van der Waals surface area contributed by atoms with Gasteiger partial charge in [0.2, 0.25) is 5.91 Å². The zero-order chi connectivity index (χ0) is 30.6. The Labute approximate surface area is 247 Å². The Balaban J connectivity index is 1.75. The van der Waals surface area contributed by atoms with Gasteiger partial charge in [0.1, 0.15) is 11.6 Å². The molecule has 7 nitrogen and oxygen atoms in total. The van der Waals surface area contributed by atoms with Crippen molar-refractivity contribution in [3.05, 3.63) is 82.4 Å². The van der Waals surface area contributed by atoms with Gasteiger partial charge in [-0.15, -0.1) is 0 Å². The molecule has 228 valence electrons. The summed E-state index contributed by atoms with van der Waals surface area (Å²) >= 11 is 0. The zero-order valence-electron chi connectivity index (χ0n) is 24.8. The molecule has 2 aromatic carbocycles. The first kappa shape index (κ1) is 32.9. The van der Waals surface area contributed by atoms with Gasteiger partial charge in [0.15, 0.2) is 0 Å². The molecule has 0 radical (unpaired) electrons. The third-order valence-electron chi connectivity index (χ3n) is 7.34. The first-order valence-corrected chi connectivity index (χ1v) is 14.9. The van der Waals surface area contributed by atoms with Gasteiger partial charge in [-0.2, -0.15) is 0 Å². The molecule has 0 spiro atoms. The molecule has 3 rings (SSSR count). The topological polar surface area (TPSA) is 98.7 Å². The standard InChI is InChI=1S/C33H43F2N3O4/c1-4-12-38(13-5-2)33(42)26-15-22(3)14-25(20-26)32(41)37-29(18-24-16-27(34)21-28(35)17-24)30(39)10-11-36-31(40)19-23-8-6-7-9-23/h6,8,14-17,20-21,23,29-30,39H,4-5,7,9-13,18-19H2,1-3H3,(H,36,40)(H,37,41)/t23?,29-,30+/m0/s1. The Hall–Kier alpha value is -3.59. The van der Waals surface area contributed by atoms with E-state index in [4.69, 9.17) is 0 Å². The second kappa shape index (κ2) is 16.2. The van der Waals surface area contributed by atoms with Gasteiger partial charge in [0.25, 0.3) is 11.8 Å². The van der Waals surface area contributed by atoms with Crippen LogP contribution < -0.4 is 10.6 Å². The average molecular weight is 584 g/mol. The van der Waals surface area contributed by atoms with Crippen LogP contribution in [-0.4, -0.2) is 59.5 Å². The fourth-order valence-corrected chi connectivity index (χ4v) is 5.33. The summed E-state index contributed by atoms with van der Waals surface area (Å²) in [4.78, 5) is 40.7. The van der Waals surface area contributed by atoms with Crippen molar-refractivity contribution in [1.29, 1.82) is 0 Å². The minimum atomic E-state index is -1.12. The molecule has 0 saturated heterocycles. The number of aliphatic hydroxyl groups excluding tert-OH is 1. The van der Waals surface area contributed by atoms with E-state index in [1.54, 1.807) is 24.0 Å². The molecule has 9 heteroatoms. The molecule has 2 aromatic rings. The summed E-state index contributed by atoms with van der Waals surface area (Å²) in [5, 5.41) is 16.7. The first-order valence-electron chi connectivity index (χ1n) is 14.9. The molecule has 0 aromatic heterocycles. The van der Waals surface area contributed by atoms with Crippen molar-refractivity contribution in [2.24, 2.45) is 5.92 Å². The minimum absolute atomic E-state index is 0.0409. The molecular weight excluding hydrogens is 540 g/mol. The van der Waals surface area contributed by atoms with Crippen LogP contribution in [0.1, 0.15) is 84.2 Å².